The standard InChI is InChI=1S/C8H6BrF2NO2/c1-4-5(8(10)11)2-3-6(7(4)9)12(13)14/h2-3,8H,1H3. The topological polar surface area (TPSA) is 43.1 Å². The minimum Gasteiger partial charge on any atom is -0.258 e. The average Bonchev–Trinajstić information content (AvgIpc) is 2.08. The number of nitro groups is 1. The first kappa shape index (κ1) is 11.0. The van der Waals surface area contributed by atoms with Gasteiger partial charge in [-0.1, -0.05) is 0 Å². The van der Waals surface area contributed by atoms with Crippen LogP contribution in [0.4, 0.5) is 14.5 Å². The summed E-state index contributed by atoms with van der Waals surface area (Å²) in [4.78, 5) is 9.82. The van der Waals surface area contributed by atoms with Crippen LogP contribution in [0.3, 0.4) is 0 Å². The monoisotopic (exact) mass is 265 g/mol. The predicted molar refractivity (Wildman–Crippen MR) is 50.5 cm³/mol. The molecule has 1 rings (SSSR count). The van der Waals surface area contributed by atoms with E-state index in [-0.39, 0.29) is 21.3 Å². The summed E-state index contributed by atoms with van der Waals surface area (Å²) in [5.74, 6) is 0. The molecule has 0 aliphatic rings. The van der Waals surface area contributed by atoms with Crippen LogP contribution in [-0.2, 0) is 0 Å². The average molecular weight is 266 g/mol. The highest BCUT2D eigenvalue weighted by molar-refractivity contribution is 9.10. The van der Waals surface area contributed by atoms with Crippen molar-refractivity contribution in [3.05, 3.63) is 37.8 Å². The fourth-order valence-electron chi connectivity index (χ4n) is 1.06. The summed E-state index contributed by atoms with van der Waals surface area (Å²) >= 11 is 2.92. The fraction of sp³-hybridized carbons (Fsp3) is 0.250. The molecule has 0 saturated heterocycles. The molecule has 0 bridgehead atoms. The summed E-state index contributed by atoms with van der Waals surface area (Å²) in [7, 11) is 0. The van der Waals surface area contributed by atoms with Gasteiger partial charge >= 0.3 is 0 Å². The van der Waals surface area contributed by atoms with E-state index in [0.29, 0.717) is 0 Å². The quantitative estimate of drug-likeness (QED) is 0.606. The number of nitrogens with zero attached hydrogens (tertiary/aromatic N) is 1. The van der Waals surface area contributed by atoms with Gasteiger partial charge < -0.3 is 0 Å². The number of alkyl halides is 2. The zero-order chi connectivity index (χ0) is 10.9. The van der Waals surface area contributed by atoms with Crippen LogP contribution in [0.15, 0.2) is 16.6 Å². The van der Waals surface area contributed by atoms with Gasteiger partial charge in [-0.15, -0.1) is 0 Å². The maximum atomic E-state index is 12.3. The second-order valence-corrected chi connectivity index (χ2v) is 3.46. The van der Waals surface area contributed by atoms with Crippen molar-refractivity contribution in [2.75, 3.05) is 0 Å². The lowest BCUT2D eigenvalue weighted by Crippen LogP contribution is -1.96. The van der Waals surface area contributed by atoms with Crippen molar-refractivity contribution in [3.8, 4) is 0 Å². The molecule has 0 amide bonds. The number of rotatable bonds is 2. The van der Waals surface area contributed by atoms with E-state index in [9.17, 15) is 18.9 Å². The Morgan fingerprint density at radius 1 is 1.50 bits per heavy atom. The largest absolute Gasteiger partial charge is 0.283 e. The van der Waals surface area contributed by atoms with Crippen molar-refractivity contribution >= 4 is 21.6 Å². The van der Waals surface area contributed by atoms with Crippen molar-refractivity contribution in [2.45, 2.75) is 13.3 Å². The van der Waals surface area contributed by atoms with Crippen LogP contribution < -0.4 is 0 Å². The fourth-order valence-corrected chi connectivity index (χ4v) is 1.57. The van der Waals surface area contributed by atoms with Gasteiger partial charge in [-0.2, -0.15) is 0 Å². The summed E-state index contributed by atoms with van der Waals surface area (Å²) in [6.07, 6.45) is -2.62. The van der Waals surface area contributed by atoms with Crippen LogP contribution in [0.2, 0.25) is 0 Å². The van der Waals surface area contributed by atoms with Crippen LogP contribution in [-0.4, -0.2) is 4.92 Å². The van der Waals surface area contributed by atoms with Crippen molar-refractivity contribution in [1.82, 2.24) is 0 Å². The molecule has 0 N–H and O–H groups in total. The Hall–Kier alpha value is -1.04. The van der Waals surface area contributed by atoms with Gasteiger partial charge in [0.2, 0.25) is 0 Å². The molecule has 0 aliphatic carbocycles. The van der Waals surface area contributed by atoms with Crippen molar-refractivity contribution in [1.29, 1.82) is 0 Å². The Morgan fingerprint density at radius 2 is 2.07 bits per heavy atom. The lowest BCUT2D eigenvalue weighted by atomic mass is 10.1. The molecule has 3 nitrogen and oxygen atoms in total. The molecule has 1 aromatic rings. The molecular formula is C8H6BrF2NO2. The first-order valence-electron chi connectivity index (χ1n) is 3.66. The van der Waals surface area contributed by atoms with Crippen molar-refractivity contribution < 1.29 is 13.7 Å². The minimum atomic E-state index is -2.62. The van der Waals surface area contributed by atoms with Crippen LogP contribution in [0.5, 0.6) is 0 Å². The zero-order valence-electron chi connectivity index (χ0n) is 7.13. The smallest absolute Gasteiger partial charge is 0.258 e. The van der Waals surface area contributed by atoms with E-state index in [1.807, 2.05) is 0 Å². The Kier molecular flexibility index (Phi) is 3.15. The van der Waals surface area contributed by atoms with E-state index < -0.39 is 11.3 Å². The normalized spacial score (nSPS) is 10.6. The molecule has 0 radical (unpaired) electrons. The summed E-state index contributed by atoms with van der Waals surface area (Å²) in [6, 6.07) is 2.14. The lowest BCUT2D eigenvalue weighted by molar-refractivity contribution is -0.385. The van der Waals surface area contributed by atoms with E-state index in [0.717, 1.165) is 12.1 Å². The number of halogens is 3. The Labute approximate surface area is 87.0 Å². The molecule has 0 aliphatic heterocycles. The molecule has 6 heteroatoms. The van der Waals surface area contributed by atoms with Crippen LogP contribution in [0.1, 0.15) is 17.6 Å². The van der Waals surface area contributed by atoms with E-state index in [2.05, 4.69) is 15.9 Å². The summed E-state index contributed by atoms with van der Waals surface area (Å²) in [5.41, 5.74) is -0.191. The van der Waals surface area contributed by atoms with Crippen molar-refractivity contribution in [2.24, 2.45) is 0 Å². The number of hydrogen-bond acceptors (Lipinski definition) is 2. The summed E-state index contributed by atoms with van der Waals surface area (Å²) in [5, 5.41) is 10.4. The minimum absolute atomic E-state index is 0.111. The van der Waals surface area contributed by atoms with Gasteiger partial charge in [-0.25, -0.2) is 8.78 Å². The summed E-state index contributed by atoms with van der Waals surface area (Å²) in [6.45, 7) is 1.42. The molecule has 0 heterocycles. The van der Waals surface area contributed by atoms with E-state index in [1.165, 1.54) is 6.92 Å². The maximum Gasteiger partial charge on any atom is 0.283 e. The third kappa shape index (κ3) is 1.89. The molecule has 0 aromatic heterocycles. The molecule has 0 atom stereocenters. The van der Waals surface area contributed by atoms with E-state index in [1.54, 1.807) is 0 Å². The van der Waals surface area contributed by atoms with Crippen LogP contribution in [0, 0.1) is 17.0 Å². The second kappa shape index (κ2) is 4.00. The molecule has 0 spiro atoms. The van der Waals surface area contributed by atoms with Crippen LogP contribution >= 0.6 is 15.9 Å². The molecule has 76 valence electrons. The van der Waals surface area contributed by atoms with Gasteiger partial charge in [0.05, 0.1) is 9.40 Å². The molecule has 0 unspecified atom stereocenters. The first-order chi connectivity index (χ1) is 6.45. The third-order valence-corrected chi connectivity index (χ3v) is 2.84. The highest BCUT2D eigenvalue weighted by atomic mass is 79.9. The van der Waals surface area contributed by atoms with Crippen molar-refractivity contribution in [3.63, 3.8) is 0 Å². The predicted octanol–water partition coefficient (Wildman–Crippen LogP) is 3.60. The molecule has 14 heavy (non-hydrogen) atoms. The van der Waals surface area contributed by atoms with Gasteiger partial charge in [-0.05, 0) is 34.5 Å². The molecular weight excluding hydrogens is 260 g/mol. The SMILES string of the molecule is Cc1c(C(F)F)ccc([N+](=O)[O-])c1Br. The van der Waals surface area contributed by atoms with Gasteiger partial charge in [0.15, 0.2) is 0 Å². The van der Waals surface area contributed by atoms with Gasteiger partial charge in [0.25, 0.3) is 12.1 Å². The third-order valence-electron chi connectivity index (χ3n) is 1.84. The Bertz CT molecular complexity index is 382. The first-order valence-corrected chi connectivity index (χ1v) is 4.46. The highest BCUT2D eigenvalue weighted by Gasteiger charge is 2.19. The van der Waals surface area contributed by atoms with Gasteiger partial charge in [-0.3, -0.25) is 10.1 Å². The van der Waals surface area contributed by atoms with Crippen LogP contribution in [0.25, 0.3) is 0 Å². The van der Waals surface area contributed by atoms with Gasteiger partial charge in [0.1, 0.15) is 0 Å². The maximum absolute atomic E-state index is 12.3. The highest BCUT2D eigenvalue weighted by Crippen LogP contribution is 2.34. The lowest BCUT2D eigenvalue weighted by Gasteiger charge is -2.06. The van der Waals surface area contributed by atoms with E-state index >= 15 is 0 Å². The molecule has 0 saturated carbocycles. The Balaban J connectivity index is 3.33. The zero-order valence-corrected chi connectivity index (χ0v) is 8.72. The number of hydrogen-bond donors (Lipinski definition) is 0. The van der Waals surface area contributed by atoms with Gasteiger partial charge in [0, 0.05) is 11.6 Å². The second-order valence-electron chi connectivity index (χ2n) is 2.67. The number of benzene rings is 1. The number of nitro benzene ring substituents is 1. The molecule has 0 fully saturated rings. The Morgan fingerprint density at radius 3 is 2.50 bits per heavy atom. The summed E-state index contributed by atoms with van der Waals surface area (Å²) < 4.78 is 24.8. The van der Waals surface area contributed by atoms with E-state index in [4.69, 9.17) is 0 Å². The molecule has 1 aromatic carbocycles.